The van der Waals surface area contributed by atoms with Gasteiger partial charge in [-0.3, -0.25) is 0 Å². The quantitative estimate of drug-likeness (QED) is 0.821. The Kier molecular flexibility index (Phi) is 4.43. The Bertz CT molecular complexity index is 909. The number of rotatable bonds is 3. The van der Waals surface area contributed by atoms with Gasteiger partial charge < -0.3 is 9.47 Å². The standard InChI is InChI=1S/C21H24O4S/c1-14-12-18(25-17-7-10-26(22,23)11-8-17)13-15(2)20(14)19-5-3-4-16-6-9-24-21(16)19/h3-5,12-13,17H,6-11H2,1-2H3. The molecule has 0 aromatic heterocycles. The highest BCUT2D eigenvalue weighted by Crippen LogP contribution is 2.41. The SMILES string of the molecule is Cc1cc(OC2CCS(=O)(=O)CC2)cc(C)c1-c1cccc2c1OCC2. The number of hydrogen-bond acceptors (Lipinski definition) is 4. The fraction of sp³-hybridized carbons (Fsp3) is 0.429. The van der Waals surface area contributed by atoms with Gasteiger partial charge in [0.05, 0.1) is 18.1 Å². The van der Waals surface area contributed by atoms with Gasteiger partial charge in [0, 0.05) is 12.0 Å². The zero-order chi connectivity index (χ0) is 18.3. The van der Waals surface area contributed by atoms with Gasteiger partial charge >= 0.3 is 0 Å². The van der Waals surface area contributed by atoms with Crippen LogP contribution in [0.1, 0.15) is 29.5 Å². The van der Waals surface area contributed by atoms with Crippen LogP contribution in [-0.4, -0.2) is 32.6 Å². The van der Waals surface area contributed by atoms with Crippen molar-refractivity contribution in [3.05, 3.63) is 47.0 Å². The molecule has 5 heteroatoms. The molecule has 0 saturated carbocycles. The van der Waals surface area contributed by atoms with Crippen LogP contribution in [0, 0.1) is 13.8 Å². The maximum Gasteiger partial charge on any atom is 0.150 e. The third-order valence-corrected chi connectivity index (χ3v) is 7.01. The van der Waals surface area contributed by atoms with E-state index in [1.807, 2.05) is 0 Å². The summed E-state index contributed by atoms with van der Waals surface area (Å²) < 4.78 is 35.1. The lowest BCUT2D eigenvalue weighted by atomic mass is 9.93. The van der Waals surface area contributed by atoms with Gasteiger partial charge in [-0.25, -0.2) is 8.42 Å². The fourth-order valence-electron chi connectivity index (χ4n) is 4.01. The van der Waals surface area contributed by atoms with Crippen molar-refractivity contribution >= 4 is 9.84 Å². The van der Waals surface area contributed by atoms with E-state index in [2.05, 4.69) is 44.2 Å². The summed E-state index contributed by atoms with van der Waals surface area (Å²) in [6.45, 7) is 4.93. The molecule has 0 unspecified atom stereocenters. The predicted molar refractivity (Wildman–Crippen MR) is 103 cm³/mol. The van der Waals surface area contributed by atoms with Crippen molar-refractivity contribution in [1.29, 1.82) is 0 Å². The normalized spacial score (nSPS) is 19.0. The van der Waals surface area contributed by atoms with Gasteiger partial charge in [-0.2, -0.15) is 0 Å². The van der Waals surface area contributed by atoms with Crippen molar-refractivity contribution < 1.29 is 17.9 Å². The molecule has 0 amide bonds. The van der Waals surface area contributed by atoms with Gasteiger partial charge in [0.25, 0.3) is 0 Å². The van der Waals surface area contributed by atoms with Crippen molar-refractivity contribution in [2.24, 2.45) is 0 Å². The Morgan fingerprint density at radius 3 is 2.46 bits per heavy atom. The van der Waals surface area contributed by atoms with Gasteiger partial charge in [0.1, 0.15) is 17.6 Å². The van der Waals surface area contributed by atoms with Crippen LogP contribution in [0.3, 0.4) is 0 Å². The molecule has 138 valence electrons. The van der Waals surface area contributed by atoms with Crippen LogP contribution >= 0.6 is 0 Å². The molecule has 0 N–H and O–H groups in total. The Morgan fingerprint density at radius 2 is 1.77 bits per heavy atom. The average Bonchev–Trinajstić information content (AvgIpc) is 3.06. The molecule has 4 nitrogen and oxygen atoms in total. The summed E-state index contributed by atoms with van der Waals surface area (Å²) in [4.78, 5) is 0. The summed E-state index contributed by atoms with van der Waals surface area (Å²) in [6, 6.07) is 10.4. The van der Waals surface area contributed by atoms with E-state index in [-0.39, 0.29) is 17.6 Å². The zero-order valence-corrected chi connectivity index (χ0v) is 16.1. The molecule has 0 spiro atoms. The summed E-state index contributed by atoms with van der Waals surface area (Å²) >= 11 is 0. The molecule has 1 saturated heterocycles. The molecule has 4 rings (SSSR count). The monoisotopic (exact) mass is 372 g/mol. The van der Waals surface area contributed by atoms with Crippen molar-refractivity contribution in [3.63, 3.8) is 0 Å². The maximum absolute atomic E-state index is 11.6. The van der Waals surface area contributed by atoms with Crippen LogP contribution in [0.15, 0.2) is 30.3 Å². The molecule has 0 aliphatic carbocycles. The minimum absolute atomic E-state index is 0.0209. The van der Waals surface area contributed by atoms with Gasteiger partial charge in [0.15, 0.2) is 9.84 Å². The van der Waals surface area contributed by atoms with E-state index in [0.29, 0.717) is 12.8 Å². The molecule has 26 heavy (non-hydrogen) atoms. The Hall–Kier alpha value is -2.01. The van der Waals surface area contributed by atoms with E-state index in [4.69, 9.17) is 9.47 Å². The van der Waals surface area contributed by atoms with Crippen LogP contribution in [0.5, 0.6) is 11.5 Å². The van der Waals surface area contributed by atoms with Crippen LogP contribution in [0.2, 0.25) is 0 Å². The molecule has 0 atom stereocenters. The predicted octanol–water partition coefficient (Wildman–Crippen LogP) is 3.86. The number of hydrogen-bond donors (Lipinski definition) is 0. The lowest BCUT2D eigenvalue weighted by Crippen LogP contribution is -2.30. The number of fused-ring (bicyclic) bond motifs is 1. The number of benzene rings is 2. The first-order valence-corrected chi connectivity index (χ1v) is 11.0. The molecule has 0 radical (unpaired) electrons. The molecule has 1 fully saturated rings. The van der Waals surface area contributed by atoms with Crippen LogP contribution in [-0.2, 0) is 16.3 Å². The second kappa shape index (κ2) is 6.62. The summed E-state index contributed by atoms with van der Waals surface area (Å²) in [5, 5.41) is 0. The first-order chi connectivity index (χ1) is 12.4. The van der Waals surface area contributed by atoms with E-state index in [1.165, 1.54) is 11.1 Å². The highest BCUT2D eigenvalue weighted by molar-refractivity contribution is 7.91. The zero-order valence-electron chi connectivity index (χ0n) is 15.2. The van der Waals surface area contributed by atoms with Crippen LogP contribution in [0.4, 0.5) is 0 Å². The summed E-state index contributed by atoms with van der Waals surface area (Å²) in [5.74, 6) is 2.27. The fourth-order valence-corrected chi connectivity index (χ4v) is 5.46. The molecule has 2 aliphatic rings. The van der Waals surface area contributed by atoms with E-state index < -0.39 is 9.84 Å². The van der Waals surface area contributed by atoms with Crippen LogP contribution in [0.25, 0.3) is 11.1 Å². The van der Waals surface area contributed by atoms with Gasteiger partial charge in [-0.1, -0.05) is 18.2 Å². The Labute approximate surface area is 155 Å². The van der Waals surface area contributed by atoms with Crippen molar-refractivity contribution in [2.75, 3.05) is 18.1 Å². The van der Waals surface area contributed by atoms with E-state index in [9.17, 15) is 8.42 Å². The maximum atomic E-state index is 11.6. The molecule has 2 aromatic carbocycles. The smallest absolute Gasteiger partial charge is 0.150 e. The van der Waals surface area contributed by atoms with Crippen molar-refractivity contribution in [3.8, 4) is 22.6 Å². The number of aryl methyl sites for hydroxylation is 2. The largest absolute Gasteiger partial charge is 0.492 e. The minimum Gasteiger partial charge on any atom is -0.492 e. The molecular weight excluding hydrogens is 348 g/mol. The van der Waals surface area contributed by atoms with Gasteiger partial charge in [-0.05, 0) is 61.1 Å². The van der Waals surface area contributed by atoms with Crippen LogP contribution < -0.4 is 9.47 Å². The van der Waals surface area contributed by atoms with Crippen molar-refractivity contribution in [2.45, 2.75) is 39.2 Å². The lowest BCUT2D eigenvalue weighted by Gasteiger charge is -2.24. The molecule has 2 aliphatic heterocycles. The second-order valence-corrected chi connectivity index (χ2v) is 9.60. The third-order valence-electron chi connectivity index (χ3n) is 5.29. The number of sulfone groups is 1. The lowest BCUT2D eigenvalue weighted by molar-refractivity contribution is 0.189. The first kappa shape index (κ1) is 17.4. The second-order valence-electron chi connectivity index (χ2n) is 7.29. The third kappa shape index (κ3) is 3.32. The summed E-state index contributed by atoms with van der Waals surface area (Å²) in [5.41, 5.74) is 5.90. The van der Waals surface area contributed by atoms with Gasteiger partial charge in [-0.15, -0.1) is 0 Å². The summed E-state index contributed by atoms with van der Waals surface area (Å²) in [6.07, 6.45) is 2.09. The minimum atomic E-state index is -2.87. The molecule has 2 heterocycles. The van der Waals surface area contributed by atoms with E-state index >= 15 is 0 Å². The van der Waals surface area contributed by atoms with E-state index in [0.717, 1.165) is 41.2 Å². The summed E-state index contributed by atoms with van der Waals surface area (Å²) in [7, 11) is -2.87. The van der Waals surface area contributed by atoms with Gasteiger partial charge in [0.2, 0.25) is 0 Å². The topological polar surface area (TPSA) is 52.6 Å². The highest BCUT2D eigenvalue weighted by atomic mass is 32.2. The number of ether oxygens (including phenoxy) is 2. The molecule has 0 bridgehead atoms. The average molecular weight is 372 g/mol. The first-order valence-electron chi connectivity index (χ1n) is 9.16. The van der Waals surface area contributed by atoms with Crippen molar-refractivity contribution in [1.82, 2.24) is 0 Å². The molecular formula is C21H24O4S. The van der Waals surface area contributed by atoms with E-state index in [1.54, 1.807) is 0 Å². The Balaban J connectivity index is 1.61. The Morgan fingerprint density at radius 1 is 1.08 bits per heavy atom. The molecule has 2 aromatic rings. The highest BCUT2D eigenvalue weighted by Gasteiger charge is 2.25. The number of para-hydroxylation sites is 1.